The normalized spacial score (nSPS) is 9.95. The van der Waals surface area contributed by atoms with Crippen LogP contribution in [0.3, 0.4) is 0 Å². The Hall–Kier alpha value is -2.09. The summed E-state index contributed by atoms with van der Waals surface area (Å²) in [6.07, 6.45) is 0.744. The number of nitrogens with one attached hydrogen (secondary N) is 1. The fourth-order valence-electron chi connectivity index (χ4n) is 1.40. The Morgan fingerprint density at radius 3 is 2.76 bits per heavy atom. The summed E-state index contributed by atoms with van der Waals surface area (Å²) in [6.45, 7) is 2.23. The quantitative estimate of drug-likeness (QED) is 0.526. The number of hydrogen-bond donors (Lipinski definition) is 2. The third-order valence-corrected chi connectivity index (χ3v) is 3.24. The van der Waals surface area contributed by atoms with Gasteiger partial charge in [-0.2, -0.15) is 0 Å². The predicted octanol–water partition coefficient (Wildman–Crippen LogP) is 1.28. The van der Waals surface area contributed by atoms with Crippen LogP contribution in [0, 0.1) is 0 Å². The van der Waals surface area contributed by atoms with Crippen LogP contribution in [-0.2, 0) is 14.3 Å². The highest BCUT2D eigenvalue weighted by Crippen LogP contribution is 2.21. The zero-order valence-electron chi connectivity index (χ0n) is 11.6. The van der Waals surface area contributed by atoms with Crippen molar-refractivity contribution in [3.8, 4) is 5.75 Å². The van der Waals surface area contributed by atoms with Crippen LogP contribution in [0.5, 0.6) is 5.75 Å². The van der Waals surface area contributed by atoms with Crippen molar-refractivity contribution in [2.75, 3.05) is 19.8 Å². The average Bonchev–Trinajstić information content (AvgIpc) is 2.91. The number of carboxylic acid groups (broad SMARTS) is 1. The summed E-state index contributed by atoms with van der Waals surface area (Å²) in [6, 6.07) is 1.36. The number of amides is 1. The molecular formula is C13H17NO6S. The summed E-state index contributed by atoms with van der Waals surface area (Å²) in [5.41, 5.74) is 0. The number of ether oxygens (including phenoxy) is 2. The Labute approximate surface area is 125 Å². The first-order valence-electron chi connectivity index (χ1n) is 6.40. The molecule has 0 aliphatic heterocycles. The summed E-state index contributed by atoms with van der Waals surface area (Å²) in [5, 5.41) is 12.9. The van der Waals surface area contributed by atoms with Gasteiger partial charge in [0.1, 0.15) is 10.6 Å². The minimum Gasteiger partial charge on any atom is -0.483 e. The zero-order valence-corrected chi connectivity index (χ0v) is 12.4. The molecule has 0 bridgehead atoms. The van der Waals surface area contributed by atoms with Gasteiger partial charge in [-0.1, -0.05) is 0 Å². The van der Waals surface area contributed by atoms with E-state index in [0.29, 0.717) is 25.3 Å². The van der Waals surface area contributed by atoms with Crippen molar-refractivity contribution in [3.63, 3.8) is 0 Å². The maximum atomic E-state index is 11.5. The van der Waals surface area contributed by atoms with Crippen LogP contribution in [-0.4, -0.2) is 42.7 Å². The molecule has 2 N–H and O–H groups in total. The average molecular weight is 315 g/mol. The van der Waals surface area contributed by atoms with Gasteiger partial charge >= 0.3 is 11.9 Å². The van der Waals surface area contributed by atoms with E-state index in [2.05, 4.69) is 5.32 Å². The van der Waals surface area contributed by atoms with Crippen molar-refractivity contribution in [1.82, 2.24) is 5.32 Å². The van der Waals surface area contributed by atoms with Gasteiger partial charge in [0, 0.05) is 24.4 Å². The van der Waals surface area contributed by atoms with Crippen LogP contribution in [0.25, 0.3) is 0 Å². The molecule has 1 amide bonds. The van der Waals surface area contributed by atoms with Gasteiger partial charge < -0.3 is 19.9 Å². The van der Waals surface area contributed by atoms with Gasteiger partial charge in [0.25, 0.3) is 5.91 Å². The van der Waals surface area contributed by atoms with Crippen LogP contribution in [0.2, 0.25) is 0 Å². The van der Waals surface area contributed by atoms with E-state index in [-0.39, 0.29) is 29.8 Å². The molecule has 21 heavy (non-hydrogen) atoms. The van der Waals surface area contributed by atoms with Crippen molar-refractivity contribution in [1.29, 1.82) is 0 Å². The Bertz CT molecular complexity index is 499. The van der Waals surface area contributed by atoms with Crippen LogP contribution < -0.4 is 10.1 Å². The van der Waals surface area contributed by atoms with E-state index in [9.17, 15) is 14.4 Å². The lowest BCUT2D eigenvalue weighted by molar-refractivity contribution is -0.143. The highest BCUT2D eigenvalue weighted by atomic mass is 32.1. The summed E-state index contributed by atoms with van der Waals surface area (Å²) in [7, 11) is 0. The monoisotopic (exact) mass is 315 g/mol. The van der Waals surface area contributed by atoms with Gasteiger partial charge in [-0.25, -0.2) is 4.79 Å². The highest BCUT2D eigenvalue weighted by molar-refractivity contribution is 7.12. The second-order valence-electron chi connectivity index (χ2n) is 4.00. The maximum absolute atomic E-state index is 11.5. The van der Waals surface area contributed by atoms with Gasteiger partial charge in [0.05, 0.1) is 6.61 Å². The highest BCUT2D eigenvalue weighted by Gasteiger charge is 2.09. The summed E-state index contributed by atoms with van der Waals surface area (Å²) < 4.78 is 9.91. The number of aromatic carboxylic acids is 1. The molecule has 0 aliphatic carbocycles. The molecule has 1 aromatic rings. The Morgan fingerprint density at radius 2 is 2.14 bits per heavy atom. The first-order valence-corrected chi connectivity index (χ1v) is 7.27. The van der Waals surface area contributed by atoms with E-state index < -0.39 is 5.97 Å². The molecule has 0 saturated heterocycles. The molecule has 1 heterocycles. The van der Waals surface area contributed by atoms with E-state index in [0.717, 1.165) is 11.3 Å². The molecule has 1 rings (SSSR count). The Kier molecular flexibility index (Phi) is 7.24. The molecule has 0 unspecified atom stereocenters. The van der Waals surface area contributed by atoms with Crippen LogP contribution in [0.1, 0.15) is 29.4 Å². The summed E-state index contributed by atoms with van der Waals surface area (Å²) >= 11 is 1.03. The number of carboxylic acids is 1. The number of esters is 1. The van der Waals surface area contributed by atoms with E-state index >= 15 is 0 Å². The fourth-order valence-corrected chi connectivity index (χ4v) is 2.06. The van der Waals surface area contributed by atoms with Gasteiger partial charge in [-0.3, -0.25) is 9.59 Å². The SMILES string of the molecule is CCOC(=O)CCCNC(=O)COc1csc(C(=O)O)c1. The molecule has 0 atom stereocenters. The number of rotatable bonds is 9. The van der Waals surface area contributed by atoms with Crippen LogP contribution >= 0.6 is 11.3 Å². The second kappa shape index (κ2) is 8.96. The molecule has 0 saturated carbocycles. The minimum absolute atomic E-state index is 0.153. The number of thiophene rings is 1. The van der Waals surface area contributed by atoms with Crippen molar-refractivity contribution in [2.24, 2.45) is 0 Å². The van der Waals surface area contributed by atoms with E-state index in [1.54, 1.807) is 6.92 Å². The van der Waals surface area contributed by atoms with E-state index in [1.807, 2.05) is 0 Å². The molecule has 7 nitrogen and oxygen atoms in total. The number of carbonyl (C=O) groups is 3. The third-order valence-electron chi connectivity index (χ3n) is 2.34. The first-order chi connectivity index (χ1) is 10.0. The molecular weight excluding hydrogens is 298 g/mol. The summed E-state index contributed by atoms with van der Waals surface area (Å²) in [4.78, 5) is 33.3. The largest absolute Gasteiger partial charge is 0.483 e. The molecule has 1 aromatic heterocycles. The fraction of sp³-hybridized carbons (Fsp3) is 0.462. The van der Waals surface area contributed by atoms with E-state index in [1.165, 1.54) is 11.4 Å². The lowest BCUT2D eigenvalue weighted by Gasteiger charge is -2.06. The molecule has 116 valence electrons. The molecule has 0 radical (unpaired) electrons. The van der Waals surface area contributed by atoms with Crippen LogP contribution in [0.15, 0.2) is 11.4 Å². The van der Waals surface area contributed by atoms with Crippen molar-refractivity contribution in [2.45, 2.75) is 19.8 Å². The topological polar surface area (TPSA) is 102 Å². The maximum Gasteiger partial charge on any atom is 0.346 e. The van der Waals surface area contributed by atoms with Gasteiger partial charge in [-0.05, 0) is 13.3 Å². The first kappa shape index (κ1) is 17.0. The van der Waals surface area contributed by atoms with Crippen molar-refractivity contribution in [3.05, 3.63) is 16.3 Å². The Morgan fingerprint density at radius 1 is 1.38 bits per heavy atom. The summed E-state index contributed by atoms with van der Waals surface area (Å²) in [5.74, 6) is -1.30. The molecule has 0 aliphatic rings. The lowest BCUT2D eigenvalue weighted by atomic mass is 10.3. The van der Waals surface area contributed by atoms with Crippen LogP contribution in [0.4, 0.5) is 0 Å². The van der Waals surface area contributed by atoms with Crippen molar-refractivity contribution >= 4 is 29.2 Å². The third kappa shape index (κ3) is 6.75. The van der Waals surface area contributed by atoms with Gasteiger partial charge in [-0.15, -0.1) is 11.3 Å². The zero-order chi connectivity index (χ0) is 15.7. The number of hydrogen-bond acceptors (Lipinski definition) is 6. The lowest BCUT2D eigenvalue weighted by Crippen LogP contribution is -2.30. The Balaban J connectivity index is 2.16. The van der Waals surface area contributed by atoms with Gasteiger partial charge in [0.2, 0.25) is 0 Å². The molecule has 8 heteroatoms. The smallest absolute Gasteiger partial charge is 0.346 e. The molecule has 0 spiro atoms. The van der Waals surface area contributed by atoms with E-state index in [4.69, 9.17) is 14.6 Å². The minimum atomic E-state index is -1.03. The number of carbonyl (C=O) groups excluding carboxylic acids is 2. The molecule has 0 fully saturated rings. The molecule has 0 aromatic carbocycles. The predicted molar refractivity (Wildman–Crippen MR) is 75.7 cm³/mol. The van der Waals surface area contributed by atoms with Gasteiger partial charge in [0.15, 0.2) is 6.61 Å². The standard InChI is InChI=1S/C13H17NO6S/c1-2-19-12(16)4-3-5-14-11(15)7-20-9-6-10(13(17)18)21-8-9/h6,8H,2-5,7H2,1H3,(H,14,15)(H,17,18). The van der Waals surface area contributed by atoms with Crippen molar-refractivity contribution < 1.29 is 29.0 Å². The second-order valence-corrected chi connectivity index (χ2v) is 4.91.